The van der Waals surface area contributed by atoms with Crippen LogP contribution in [0.4, 0.5) is 0 Å². The quantitative estimate of drug-likeness (QED) is 0.325. The predicted molar refractivity (Wildman–Crippen MR) is 132 cm³/mol. The first kappa shape index (κ1) is 49.9. The first-order chi connectivity index (χ1) is 13.3. The third-order valence-corrected chi connectivity index (χ3v) is 1.88. The van der Waals surface area contributed by atoms with E-state index in [0.717, 1.165) is 13.2 Å². The predicted octanol–water partition coefficient (Wildman–Crippen LogP) is 7.17. The van der Waals surface area contributed by atoms with Crippen LogP contribution in [0.5, 0.6) is 0 Å². The zero-order valence-corrected chi connectivity index (χ0v) is 18.9. The molecule has 0 unspecified atom stereocenters. The van der Waals surface area contributed by atoms with Gasteiger partial charge in [0, 0.05) is 13.2 Å². The first-order valence-corrected chi connectivity index (χ1v) is 9.12. The maximum absolute atomic E-state index is 7.62. The average Bonchev–Trinajstić information content (AvgIpc) is 2.81. The van der Waals surface area contributed by atoms with Crippen molar-refractivity contribution in [1.82, 2.24) is 0 Å². The molecule has 0 saturated heterocycles. The van der Waals surface area contributed by atoms with Crippen LogP contribution in [-0.2, 0) is 4.74 Å². The van der Waals surface area contributed by atoms with E-state index >= 15 is 0 Å². The van der Waals surface area contributed by atoms with Crippen LogP contribution in [0.1, 0.15) is 52.4 Å². The third kappa shape index (κ3) is 226. The van der Waals surface area contributed by atoms with Crippen LogP contribution in [0.25, 0.3) is 0 Å². The van der Waals surface area contributed by atoms with Crippen molar-refractivity contribution < 1.29 is 14.9 Å². The highest BCUT2D eigenvalue weighted by Gasteiger charge is 1.88. The zero-order chi connectivity index (χ0) is 23.8. The van der Waals surface area contributed by atoms with Crippen molar-refractivity contribution in [3.05, 3.63) is 78.9 Å². The largest absolute Gasteiger partial charge is 0.394 e. The second-order valence-corrected chi connectivity index (χ2v) is 3.47. The Hall–Kier alpha value is -1.68. The fourth-order valence-corrected chi connectivity index (χ4v) is 1.01. The molecule has 0 atom stereocenters. The van der Waals surface area contributed by atoms with Crippen LogP contribution in [0.15, 0.2) is 78.9 Å². The number of unbranched alkanes of at least 4 members (excludes halogenated alkanes) is 4. The van der Waals surface area contributed by atoms with E-state index in [1.165, 1.54) is 38.5 Å². The molecule has 0 aliphatic heterocycles. The highest BCUT2D eigenvalue weighted by atomic mass is 16.5. The number of ether oxygens (including phenoxy) is 1. The van der Waals surface area contributed by atoms with Gasteiger partial charge < -0.3 is 14.9 Å². The topological polar surface area (TPSA) is 49.7 Å². The molecule has 0 aliphatic carbocycles. The second kappa shape index (κ2) is 152. The standard InChI is InChI=1S/C10H22O.C2H6O2.6C2H4/c1-3-5-7-9-11-10-8-6-4-2;3-1-2-4;6*1-2/h3-10H2,1-2H3;3-4H,1-2H2;6*1-2H2. The highest BCUT2D eigenvalue weighted by molar-refractivity contribution is 4.38. The number of rotatable bonds is 9. The molecule has 3 nitrogen and oxygen atoms in total. The Bertz CT molecular complexity index is 127. The maximum Gasteiger partial charge on any atom is 0.0662 e. The molecule has 0 radical (unpaired) electrons. The molecule has 0 bridgehead atoms. The van der Waals surface area contributed by atoms with Crippen molar-refractivity contribution in [2.75, 3.05) is 26.4 Å². The van der Waals surface area contributed by atoms with E-state index in [4.69, 9.17) is 14.9 Å². The molecule has 27 heavy (non-hydrogen) atoms. The van der Waals surface area contributed by atoms with Crippen molar-refractivity contribution in [2.45, 2.75) is 52.4 Å². The Morgan fingerprint density at radius 1 is 0.481 bits per heavy atom. The molecule has 166 valence electrons. The lowest BCUT2D eigenvalue weighted by Gasteiger charge is -2.01. The van der Waals surface area contributed by atoms with Crippen molar-refractivity contribution >= 4 is 0 Å². The summed E-state index contributed by atoms with van der Waals surface area (Å²) in [6.07, 6.45) is 7.68. The summed E-state index contributed by atoms with van der Waals surface area (Å²) in [5, 5.41) is 15.2. The molecule has 2 N–H and O–H groups in total. The fraction of sp³-hybridized carbons (Fsp3) is 0.500. The third-order valence-electron chi connectivity index (χ3n) is 1.88. The second-order valence-electron chi connectivity index (χ2n) is 3.47. The maximum atomic E-state index is 7.62. The minimum atomic E-state index is -0.125. The van der Waals surface area contributed by atoms with Gasteiger partial charge in [0.2, 0.25) is 0 Å². The molecule has 0 saturated carbocycles. The van der Waals surface area contributed by atoms with Gasteiger partial charge in [-0.05, 0) is 12.8 Å². The van der Waals surface area contributed by atoms with Crippen molar-refractivity contribution in [3.63, 3.8) is 0 Å². The lowest BCUT2D eigenvalue weighted by Crippen LogP contribution is -1.96. The molecular formula is C24H52O3. The Morgan fingerprint density at radius 2 is 0.704 bits per heavy atom. The molecule has 0 spiro atoms. The summed E-state index contributed by atoms with van der Waals surface area (Å²) in [5.41, 5.74) is 0. The first-order valence-electron chi connectivity index (χ1n) is 9.12. The lowest BCUT2D eigenvalue weighted by atomic mass is 10.2. The molecule has 0 fully saturated rings. The monoisotopic (exact) mass is 388 g/mol. The molecule has 0 amide bonds. The molecule has 0 aliphatic rings. The van der Waals surface area contributed by atoms with Crippen molar-refractivity contribution in [2.24, 2.45) is 0 Å². The van der Waals surface area contributed by atoms with E-state index in [0.29, 0.717) is 0 Å². The summed E-state index contributed by atoms with van der Waals surface area (Å²) >= 11 is 0. The average molecular weight is 389 g/mol. The summed E-state index contributed by atoms with van der Waals surface area (Å²) in [6.45, 7) is 42.1. The van der Waals surface area contributed by atoms with Crippen molar-refractivity contribution in [1.29, 1.82) is 0 Å². The van der Waals surface area contributed by atoms with E-state index in [1.54, 1.807) is 0 Å². The zero-order valence-electron chi connectivity index (χ0n) is 18.9. The summed E-state index contributed by atoms with van der Waals surface area (Å²) in [7, 11) is 0. The fourth-order valence-electron chi connectivity index (χ4n) is 1.01. The molecule has 0 heterocycles. The Balaban J connectivity index is -0.0000000315. The van der Waals surface area contributed by atoms with E-state index in [-0.39, 0.29) is 13.2 Å². The number of aliphatic hydroxyl groups excluding tert-OH is 2. The smallest absolute Gasteiger partial charge is 0.0662 e. The normalized spacial score (nSPS) is 6.22. The SMILES string of the molecule is C=C.C=C.C=C.C=C.C=C.C=C.CCCCCOCCCCC.OCCO. The van der Waals surface area contributed by atoms with E-state index < -0.39 is 0 Å². The van der Waals surface area contributed by atoms with Crippen LogP contribution < -0.4 is 0 Å². The van der Waals surface area contributed by atoms with Gasteiger partial charge in [-0.1, -0.05) is 39.5 Å². The Labute approximate surface area is 173 Å². The molecular weight excluding hydrogens is 336 g/mol. The van der Waals surface area contributed by atoms with Gasteiger partial charge in [-0.2, -0.15) is 0 Å². The van der Waals surface area contributed by atoms with Crippen LogP contribution in [0, 0.1) is 0 Å². The molecule has 0 rings (SSSR count). The van der Waals surface area contributed by atoms with Crippen LogP contribution >= 0.6 is 0 Å². The van der Waals surface area contributed by atoms with E-state index in [9.17, 15) is 0 Å². The minimum Gasteiger partial charge on any atom is -0.394 e. The van der Waals surface area contributed by atoms with E-state index in [1.807, 2.05) is 0 Å². The summed E-state index contributed by atoms with van der Waals surface area (Å²) in [5.74, 6) is 0. The molecule has 3 heteroatoms. The van der Waals surface area contributed by atoms with Gasteiger partial charge in [0.1, 0.15) is 0 Å². The highest BCUT2D eigenvalue weighted by Crippen LogP contribution is 1.97. The lowest BCUT2D eigenvalue weighted by molar-refractivity contribution is 0.126. The van der Waals surface area contributed by atoms with Gasteiger partial charge in [-0.15, -0.1) is 78.9 Å². The van der Waals surface area contributed by atoms with Gasteiger partial charge in [0.15, 0.2) is 0 Å². The van der Waals surface area contributed by atoms with Gasteiger partial charge in [0.05, 0.1) is 13.2 Å². The molecule has 0 aromatic carbocycles. The van der Waals surface area contributed by atoms with E-state index in [2.05, 4.69) is 92.8 Å². The van der Waals surface area contributed by atoms with Crippen LogP contribution in [0.3, 0.4) is 0 Å². The summed E-state index contributed by atoms with van der Waals surface area (Å²) < 4.78 is 5.44. The Morgan fingerprint density at radius 3 is 0.852 bits per heavy atom. The van der Waals surface area contributed by atoms with Gasteiger partial charge in [-0.25, -0.2) is 0 Å². The molecule has 0 aromatic heterocycles. The summed E-state index contributed by atoms with van der Waals surface area (Å²) in [4.78, 5) is 0. The van der Waals surface area contributed by atoms with Gasteiger partial charge in [0.25, 0.3) is 0 Å². The Kier molecular flexibility index (Phi) is 282. The number of aliphatic hydroxyl groups is 2. The van der Waals surface area contributed by atoms with Crippen LogP contribution in [-0.4, -0.2) is 36.6 Å². The molecule has 0 aromatic rings. The number of hydrogen-bond acceptors (Lipinski definition) is 3. The summed E-state index contributed by atoms with van der Waals surface area (Å²) in [6, 6.07) is 0. The van der Waals surface area contributed by atoms with Gasteiger partial charge >= 0.3 is 0 Å². The minimum absolute atomic E-state index is 0.125. The van der Waals surface area contributed by atoms with Gasteiger partial charge in [-0.3, -0.25) is 0 Å². The van der Waals surface area contributed by atoms with Crippen LogP contribution in [0.2, 0.25) is 0 Å². The number of hydrogen-bond donors (Lipinski definition) is 2. The van der Waals surface area contributed by atoms with Crippen molar-refractivity contribution in [3.8, 4) is 0 Å².